The highest BCUT2D eigenvalue weighted by molar-refractivity contribution is 7.92. The van der Waals surface area contributed by atoms with Crippen LogP contribution in [0.5, 0.6) is 0 Å². The SMILES string of the molecule is O=C(Nc1ncc(Cl)s1)N(C1CCCCC1)C1CCCCN1S(=O)(=O)C=Cc1ccccc1. The summed E-state index contributed by atoms with van der Waals surface area (Å²) in [6.07, 6.45) is 9.80. The molecule has 1 atom stereocenters. The van der Waals surface area contributed by atoms with Gasteiger partial charge >= 0.3 is 6.03 Å². The molecule has 10 heteroatoms. The average Bonchev–Trinajstić information content (AvgIpc) is 3.24. The maximum atomic E-state index is 13.5. The van der Waals surface area contributed by atoms with Gasteiger partial charge in [0.15, 0.2) is 5.13 Å². The zero-order valence-corrected chi connectivity index (χ0v) is 20.8. The van der Waals surface area contributed by atoms with Gasteiger partial charge in [0, 0.05) is 18.0 Å². The second-order valence-corrected chi connectivity index (χ2v) is 11.9. The number of nitrogens with zero attached hydrogens (tertiary/aromatic N) is 3. The Morgan fingerprint density at radius 2 is 1.85 bits per heavy atom. The Morgan fingerprint density at radius 3 is 2.55 bits per heavy atom. The molecule has 2 amide bonds. The summed E-state index contributed by atoms with van der Waals surface area (Å²) < 4.78 is 28.8. The lowest BCUT2D eigenvalue weighted by molar-refractivity contribution is 0.0566. The molecule has 1 aromatic carbocycles. The van der Waals surface area contributed by atoms with Crippen LogP contribution in [0.3, 0.4) is 0 Å². The van der Waals surface area contributed by atoms with Crippen LogP contribution >= 0.6 is 22.9 Å². The highest BCUT2D eigenvalue weighted by Crippen LogP contribution is 2.32. The molecule has 1 aliphatic carbocycles. The van der Waals surface area contributed by atoms with E-state index in [4.69, 9.17) is 11.6 Å². The molecule has 4 rings (SSSR count). The summed E-state index contributed by atoms with van der Waals surface area (Å²) in [5.74, 6) is 0. The van der Waals surface area contributed by atoms with Crippen LogP contribution in [0.1, 0.15) is 56.9 Å². The normalized spacial score (nSPS) is 20.7. The Kier molecular flexibility index (Phi) is 8.06. The standard InChI is InChI=1S/C23H29ClN4O3S2/c24-20-17-25-22(32-20)26-23(29)28(19-11-5-2-6-12-19)21-13-7-8-15-27(21)33(30,31)16-14-18-9-3-1-4-10-18/h1,3-4,9-10,14,16-17,19,21H,2,5-8,11-13,15H2,(H,25,26,29). The van der Waals surface area contributed by atoms with E-state index in [-0.39, 0.29) is 12.1 Å². The number of halogens is 1. The molecule has 1 N–H and O–H groups in total. The van der Waals surface area contributed by atoms with E-state index in [1.165, 1.54) is 27.2 Å². The first kappa shape index (κ1) is 24.2. The largest absolute Gasteiger partial charge is 0.325 e. The highest BCUT2D eigenvalue weighted by atomic mass is 35.5. The van der Waals surface area contributed by atoms with E-state index in [0.29, 0.717) is 22.4 Å². The summed E-state index contributed by atoms with van der Waals surface area (Å²) in [4.78, 5) is 19.4. The third-order valence-electron chi connectivity index (χ3n) is 6.20. The molecule has 0 radical (unpaired) electrons. The van der Waals surface area contributed by atoms with Crippen molar-refractivity contribution in [2.75, 3.05) is 11.9 Å². The second kappa shape index (κ2) is 11.0. The van der Waals surface area contributed by atoms with Gasteiger partial charge in [-0.3, -0.25) is 5.32 Å². The van der Waals surface area contributed by atoms with E-state index in [2.05, 4.69) is 10.3 Å². The van der Waals surface area contributed by atoms with Crippen LogP contribution in [0, 0.1) is 0 Å². The Balaban J connectivity index is 1.61. The number of carbonyl (C=O) groups excluding carboxylic acids is 1. The number of carbonyl (C=O) groups is 1. The molecule has 1 saturated heterocycles. The van der Waals surface area contributed by atoms with Crippen LogP contribution in [0.15, 0.2) is 41.9 Å². The number of piperidine rings is 1. The van der Waals surface area contributed by atoms with E-state index >= 15 is 0 Å². The maximum Gasteiger partial charge on any atom is 0.325 e. The molecule has 2 aliphatic rings. The lowest BCUT2D eigenvalue weighted by Gasteiger charge is -2.45. The summed E-state index contributed by atoms with van der Waals surface area (Å²) in [6, 6.07) is 9.04. The van der Waals surface area contributed by atoms with E-state index in [1.54, 1.807) is 11.0 Å². The van der Waals surface area contributed by atoms with E-state index in [9.17, 15) is 13.2 Å². The fourth-order valence-electron chi connectivity index (χ4n) is 4.64. The summed E-state index contributed by atoms with van der Waals surface area (Å²) in [5.41, 5.74) is 0.817. The fourth-order valence-corrected chi connectivity index (χ4v) is 6.86. The van der Waals surface area contributed by atoms with Gasteiger partial charge in [-0.15, -0.1) is 0 Å². The van der Waals surface area contributed by atoms with Gasteiger partial charge in [-0.25, -0.2) is 18.2 Å². The van der Waals surface area contributed by atoms with Gasteiger partial charge in [0.2, 0.25) is 10.0 Å². The van der Waals surface area contributed by atoms with Gasteiger partial charge in [-0.1, -0.05) is 72.5 Å². The molecule has 2 heterocycles. The number of thiazole rings is 1. The lowest BCUT2D eigenvalue weighted by atomic mass is 9.93. The molecular formula is C23H29ClN4O3S2. The Labute approximate surface area is 204 Å². The molecule has 0 spiro atoms. The first-order chi connectivity index (χ1) is 15.9. The van der Waals surface area contributed by atoms with Crippen molar-refractivity contribution >= 4 is 50.2 Å². The molecule has 1 aromatic heterocycles. The van der Waals surface area contributed by atoms with Crippen molar-refractivity contribution < 1.29 is 13.2 Å². The van der Waals surface area contributed by atoms with Gasteiger partial charge in [0.25, 0.3) is 0 Å². The van der Waals surface area contributed by atoms with Gasteiger partial charge in [0.05, 0.1) is 6.20 Å². The summed E-state index contributed by atoms with van der Waals surface area (Å²) >= 11 is 7.18. The molecule has 7 nitrogen and oxygen atoms in total. The van der Waals surface area contributed by atoms with Gasteiger partial charge in [-0.2, -0.15) is 4.31 Å². The number of rotatable bonds is 6. The summed E-state index contributed by atoms with van der Waals surface area (Å²) in [5, 5.41) is 4.54. The third-order valence-corrected chi connectivity index (χ3v) is 8.79. The molecular weight excluding hydrogens is 480 g/mol. The molecule has 33 heavy (non-hydrogen) atoms. The number of amides is 2. The van der Waals surface area contributed by atoms with Gasteiger partial charge in [0.1, 0.15) is 10.5 Å². The fraction of sp³-hybridized carbons (Fsp3) is 0.478. The van der Waals surface area contributed by atoms with Crippen molar-refractivity contribution in [2.24, 2.45) is 0 Å². The van der Waals surface area contributed by atoms with E-state index in [1.807, 2.05) is 30.3 Å². The van der Waals surface area contributed by atoms with Crippen LogP contribution in [0.4, 0.5) is 9.93 Å². The smallest absolute Gasteiger partial charge is 0.305 e. The van der Waals surface area contributed by atoms with Crippen LogP contribution in [-0.2, 0) is 10.0 Å². The Morgan fingerprint density at radius 1 is 1.12 bits per heavy atom. The molecule has 0 bridgehead atoms. The Hall–Kier alpha value is -1.94. The number of urea groups is 1. The number of nitrogens with one attached hydrogen (secondary N) is 1. The van der Waals surface area contributed by atoms with E-state index < -0.39 is 16.2 Å². The zero-order valence-electron chi connectivity index (χ0n) is 18.4. The third kappa shape index (κ3) is 6.15. The average molecular weight is 509 g/mol. The van der Waals surface area contributed by atoms with Crippen molar-refractivity contribution in [3.63, 3.8) is 0 Å². The minimum absolute atomic E-state index is 0.00640. The number of benzene rings is 1. The minimum atomic E-state index is -3.72. The second-order valence-electron chi connectivity index (χ2n) is 8.44. The van der Waals surface area contributed by atoms with Crippen molar-refractivity contribution in [1.82, 2.24) is 14.2 Å². The van der Waals surface area contributed by atoms with Gasteiger partial charge in [-0.05, 0) is 43.7 Å². The first-order valence-electron chi connectivity index (χ1n) is 11.4. The predicted molar refractivity (Wildman–Crippen MR) is 134 cm³/mol. The van der Waals surface area contributed by atoms with Crippen molar-refractivity contribution in [3.8, 4) is 0 Å². The quantitative estimate of drug-likeness (QED) is 0.536. The number of aromatic nitrogens is 1. The zero-order chi connectivity index (χ0) is 23.3. The number of anilines is 1. The lowest BCUT2D eigenvalue weighted by Crippen LogP contribution is -2.59. The molecule has 1 saturated carbocycles. The van der Waals surface area contributed by atoms with Crippen molar-refractivity contribution in [2.45, 2.75) is 63.6 Å². The van der Waals surface area contributed by atoms with E-state index in [0.717, 1.165) is 50.5 Å². The molecule has 1 unspecified atom stereocenters. The predicted octanol–water partition coefficient (Wildman–Crippen LogP) is 5.78. The number of hydrogen-bond acceptors (Lipinski definition) is 5. The summed E-state index contributed by atoms with van der Waals surface area (Å²) in [7, 11) is -3.72. The molecule has 2 aromatic rings. The Bertz CT molecular complexity index is 1070. The minimum Gasteiger partial charge on any atom is -0.305 e. The topological polar surface area (TPSA) is 82.6 Å². The highest BCUT2D eigenvalue weighted by Gasteiger charge is 2.40. The molecule has 178 valence electrons. The van der Waals surface area contributed by atoms with Crippen LogP contribution in [0.2, 0.25) is 4.34 Å². The van der Waals surface area contributed by atoms with Gasteiger partial charge < -0.3 is 4.90 Å². The van der Waals surface area contributed by atoms with Crippen LogP contribution < -0.4 is 5.32 Å². The first-order valence-corrected chi connectivity index (χ1v) is 14.1. The monoisotopic (exact) mass is 508 g/mol. The number of hydrogen-bond donors (Lipinski definition) is 1. The molecule has 1 aliphatic heterocycles. The number of sulfonamides is 1. The molecule has 2 fully saturated rings. The van der Waals surface area contributed by atoms with Crippen LogP contribution in [-0.4, -0.2) is 47.4 Å². The van der Waals surface area contributed by atoms with Crippen LogP contribution in [0.25, 0.3) is 6.08 Å². The van der Waals surface area contributed by atoms with Crippen molar-refractivity contribution in [1.29, 1.82) is 0 Å². The van der Waals surface area contributed by atoms with Crippen molar-refractivity contribution in [3.05, 3.63) is 51.8 Å². The maximum absolute atomic E-state index is 13.5. The summed E-state index contributed by atoms with van der Waals surface area (Å²) in [6.45, 7) is 0.395.